The van der Waals surface area contributed by atoms with Crippen LogP contribution in [0.15, 0.2) is 78.9 Å². The Kier molecular flexibility index (Phi) is 9.84. The van der Waals surface area contributed by atoms with Crippen molar-refractivity contribution in [1.82, 2.24) is 9.80 Å². The van der Waals surface area contributed by atoms with Gasteiger partial charge in [-0.25, -0.2) is 4.79 Å². The minimum Gasteiger partial charge on any atom is -0.467 e. The number of imide groups is 2. The molecule has 8 nitrogen and oxygen atoms in total. The molecule has 1 unspecified atom stereocenters. The summed E-state index contributed by atoms with van der Waals surface area (Å²) in [6, 6.07) is 22.8. The number of carbonyl (C=O) groups excluding carboxylic acids is 5. The number of methoxy groups -OCH3 is 1. The third-order valence-electron chi connectivity index (χ3n) is 11.9. The van der Waals surface area contributed by atoms with E-state index in [-0.39, 0.29) is 24.3 Å². The number of fused-ring (bicyclic) bond motifs is 2. The Labute approximate surface area is 320 Å². The summed E-state index contributed by atoms with van der Waals surface area (Å²) in [5.74, 6) is -2.26. The van der Waals surface area contributed by atoms with E-state index in [1.54, 1.807) is 17.0 Å². The Morgan fingerprint density at radius 2 is 0.945 bits per heavy atom. The van der Waals surface area contributed by atoms with Crippen LogP contribution in [0.2, 0.25) is 0 Å². The Balaban J connectivity index is 1.24. The number of nitrogens with zero attached hydrogens (tertiary/aromatic N) is 2. The number of unbranched alkanes of at least 4 members (excludes halogenated alkanes) is 6. The van der Waals surface area contributed by atoms with Crippen LogP contribution >= 0.6 is 0 Å². The highest BCUT2D eigenvalue weighted by Crippen LogP contribution is 2.47. The quantitative estimate of drug-likeness (QED) is 0.0342. The SMILES string of the molecule is CCCCCCC(CCCCCC)N1C(=O)c2ccc3c4ccc5c6c(ccc(c7ccc(c2c37)C1=O)c64)C(=O)N(C(Cc1ccccc1)C(=O)OC)C5=O. The van der Waals surface area contributed by atoms with Gasteiger partial charge in [-0.05, 0) is 75.0 Å². The van der Waals surface area contributed by atoms with Crippen LogP contribution in [-0.4, -0.2) is 58.6 Å². The van der Waals surface area contributed by atoms with Crippen LogP contribution in [0.4, 0.5) is 0 Å². The summed E-state index contributed by atoms with van der Waals surface area (Å²) in [5, 5.41) is 6.12. The van der Waals surface area contributed by atoms with Crippen molar-refractivity contribution in [1.29, 1.82) is 0 Å². The molecular weight excluding hydrogens is 689 g/mol. The van der Waals surface area contributed by atoms with E-state index < -0.39 is 23.8 Å². The van der Waals surface area contributed by atoms with Crippen molar-refractivity contribution >= 4 is 72.7 Å². The molecule has 0 N–H and O–H groups in total. The van der Waals surface area contributed by atoms with Crippen LogP contribution in [0.3, 0.4) is 0 Å². The highest BCUT2D eigenvalue weighted by Gasteiger charge is 2.43. The molecule has 6 aromatic carbocycles. The molecule has 6 aromatic rings. The summed E-state index contributed by atoms with van der Waals surface area (Å²) < 4.78 is 5.12. The molecule has 0 saturated heterocycles. The zero-order valence-electron chi connectivity index (χ0n) is 31.8. The fraction of sp³-hybridized carbons (Fsp3) is 0.340. The number of hydrogen-bond acceptors (Lipinski definition) is 6. The third kappa shape index (κ3) is 5.94. The average Bonchev–Trinajstić information content (AvgIpc) is 3.21. The van der Waals surface area contributed by atoms with Crippen molar-refractivity contribution in [2.75, 3.05) is 7.11 Å². The summed E-state index contributed by atoms with van der Waals surface area (Å²) >= 11 is 0. The van der Waals surface area contributed by atoms with Crippen LogP contribution in [0.5, 0.6) is 0 Å². The molecule has 0 fully saturated rings. The van der Waals surface area contributed by atoms with Gasteiger partial charge in [-0.3, -0.25) is 29.0 Å². The molecule has 2 aliphatic heterocycles. The van der Waals surface area contributed by atoms with E-state index in [2.05, 4.69) is 13.8 Å². The third-order valence-corrected chi connectivity index (χ3v) is 11.9. The molecule has 2 aliphatic rings. The van der Waals surface area contributed by atoms with Crippen molar-refractivity contribution in [2.24, 2.45) is 0 Å². The number of ether oxygens (including phenoxy) is 1. The second-order valence-corrected chi connectivity index (χ2v) is 15.2. The molecule has 1 atom stereocenters. The molecule has 8 rings (SSSR count). The lowest BCUT2D eigenvalue weighted by atomic mass is 9.81. The first kappa shape index (κ1) is 36.4. The number of amides is 4. The molecule has 0 aromatic heterocycles. The van der Waals surface area contributed by atoms with E-state index in [1.807, 2.05) is 66.7 Å². The predicted molar refractivity (Wildman–Crippen MR) is 216 cm³/mol. The van der Waals surface area contributed by atoms with Crippen LogP contribution in [-0.2, 0) is 16.0 Å². The van der Waals surface area contributed by atoms with Crippen molar-refractivity contribution in [2.45, 2.75) is 96.6 Å². The monoisotopic (exact) mass is 734 g/mol. The molecule has 4 amide bonds. The molecule has 8 heteroatoms. The van der Waals surface area contributed by atoms with Crippen molar-refractivity contribution < 1.29 is 28.7 Å². The summed E-state index contributed by atoms with van der Waals surface area (Å²) in [6.45, 7) is 4.37. The van der Waals surface area contributed by atoms with E-state index in [0.717, 1.165) is 107 Å². The van der Waals surface area contributed by atoms with Gasteiger partial charge in [-0.1, -0.05) is 120 Å². The van der Waals surface area contributed by atoms with E-state index in [1.165, 1.54) is 7.11 Å². The maximum atomic E-state index is 14.5. The van der Waals surface area contributed by atoms with Gasteiger partial charge in [0.25, 0.3) is 23.6 Å². The average molecular weight is 735 g/mol. The highest BCUT2D eigenvalue weighted by molar-refractivity contribution is 6.41. The number of rotatable bonds is 15. The van der Waals surface area contributed by atoms with Crippen LogP contribution in [0, 0.1) is 0 Å². The van der Waals surface area contributed by atoms with Crippen LogP contribution < -0.4 is 0 Å². The second kappa shape index (κ2) is 14.9. The zero-order chi connectivity index (χ0) is 38.4. The summed E-state index contributed by atoms with van der Waals surface area (Å²) in [7, 11) is 1.26. The molecular formula is C47H46N2O6. The highest BCUT2D eigenvalue weighted by atomic mass is 16.5. The summed E-state index contributed by atoms with van der Waals surface area (Å²) in [4.78, 5) is 73.4. The molecule has 55 heavy (non-hydrogen) atoms. The maximum Gasteiger partial charge on any atom is 0.329 e. The van der Waals surface area contributed by atoms with Crippen LogP contribution in [0.1, 0.15) is 125 Å². The Morgan fingerprint density at radius 3 is 1.35 bits per heavy atom. The Bertz CT molecular complexity index is 2370. The van der Waals surface area contributed by atoms with Gasteiger partial charge in [0, 0.05) is 45.5 Å². The molecule has 0 spiro atoms. The summed E-state index contributed by atoms with van der Waals surface area (Å²) in [5.41, 5.74) is 2.52. The van der Waals surface area contributed by atoms with E-state index in [9.17, 15) is 24.0 Å². The van der Waals surface area contributed by atoms with Crippen molar-refractivity contribution in [3.63, 3.8) is 0 Å². The Hall–Kier alpha value is -5.63. The number of hydrogen-bond donors (Lipinski definition) is 0. The Morgan fingerprint density at radius 1 is 0.527 bits per heavy atom. The topological polar surface area (TPSA) is 101 Å². The zero-order valence-corrected chi connectivity index (χ0v) is 31.8. The lowest BCUT2D eigenvalue weighted by Gasteiger charge is -2.35. The first-order chi connectivity index (χ1) is 26.8. The standard InChI is InChI=1S/C47H46N2O6/c1-4-6-8-13-17-29(18-14-9-7-5-2)48-43(50)34-23-19-30-32-21-25-36-42-37(26-22-33(40(32)42)31-20-24-35(44(48)51)41(34)39(30)31)46(53)49(45(36)52)38(47(54)55-3)27-28-15-11-10-12-16-28/h10-12,15-16,19-26,29,38H,4-9,13-14,17-18,27H2,1-3H3. The predicted octanol–water partition coefficient (Wildman–Crippen LogP) is 10.0. The van der Waals surface area contributed by atoms with E-state index in [0.29, 0.717) is 33.0 Å². The fourth-order valence-electron chi connectivity index (χ4n) is 9.19. The van der Waals surface area contributed by atoms with Gasteiger partial charge < -0.3 is 4.74 Å². The van der Waals surface area contributed by atoms with Crippen molar-refractivity contribution in [3.8, 4) is 0 Å². The van der Waals surface area contributed by atoms with Gasteiger partial charge in [0.15, 0.2) is 0 Å². The van der Waals surface area contributed by atoms with Gasteiger partial charge in [-0.2, -0.15) is 0 Å². The molecule has 0 radical (unpaired) electrons. The summed E-state index contributed by atoms with van der Waals surface area (Å²) in [6.07, 6.45) is 10.4. The molecule has 0 aliphatic carbocycles. The van der Waals surface area contributed by atoms with Gasteiger partial charge in [-0.15, -0.1) is 0 Å². The molecule has 2 heterocycles. The number of esters is 1. The maximum absolute atomic E-state index is 14.5. The van der Waals surface area contributed by atoms with Gasteiger partial charge in [0.2, 0.25) is 0 Å². The molecule has 280 valence electrons. The minimum atomic E-state index is -1.15. The fourth-order valence-corrected chi connectivity index (χ4v) is 9.19. The molecule has 0 saturated carbocycles. The van der Waals surface area contributed by atoms with Gasteiger partial charge >= 0.3 is 5.97 Å². The number of benzene rings is 6. The lowest BCUT2D eigenvalue weighted by molar-refractivity contribution is -0.145. The van der Waals surface area contributed by atoms with Gasteiger partial charge in [0.05, 0.1) is 7.11 Å². The first-order valence-electron chi connectivity index (χ1n) is 19.9. The minimum absolute atomic E-state index is 0.118. The van der Waals surface area contributed by atoms with Gasteiger partial charge in [0.1, 0.15) is 6.04 Å². The second-order valence-electron chi connectivity index (χ2n) is 15.2. The van der Waals surface area contributed by atoms with Crippen molar-refractivity contribution in [3.05, 3.63) is 107 Å². The first-order valence-corrected chi connectivity index (χ1v) is 19.9. The smallest absolute Gasteiger partial charge is 0.329 e. The normalized spacial score (nSPS) is 14.8. The molecule has 0 bridgehead atoms. The van der Waals surface area contributed by atoms with E-state index >= 15 is 0 Å². The largest absolute Gasteiger partial charge is 0.467 e. The van der Waals surface area contributed by atoms with E-state index in [4.69, 9.17) is 4.74 Å². The van der Waals surface area contributed by atoms with Crippen LogP contribution in [0.25, 0.3) is 43.1 Å². The number of carbonyl (C=O) groups is 5. The lowest BCUT2D eigenvalue weighted by Crippen LogP contribution is -2.52.